The minimum absolute atomic E-state index is 0.322. The van der Waals surface area contributed by atoms with Gasteiger partial charge in [0.25, 0.3) is 0 Å². The highest BCUT2D eigenvalue weighted by Gasteiger charge is 2.30. The Balaban J connectivity index is 1.72. The van der Waals surface area contributed by atoms with E-state index in [1.165, 1.54) is 23.4 Å². The van der Waals surface area contributed by atoms with Crippen molar-refractivity contribution in [3.05, 3.63) is 31.2 Å². The zero-order valence-electron chi connectivity index (χ0n) is 15.3. The molecule has 4 aromatic heterocycles. The van der Waals surface area contributed by atoms with Gasteiger partial charge in [0.05, 0.1) is 25.0 Å². The van der Waals surface area contributed by atoms with Crippen molar-refractivity contribution in [2.24, 2.45) is 0 Å². The predicted molar refractivity (Wildman–Crippen MR) is 97.8 cm³/mol. The van der Waals surface area contributed by atoms with Crippen molar-refractivity contribution >= 4 is 28.0 Å². The summed E-state index contributed by atoms with van der Waals surface area (Å²) in [6, 6.07) is -0.781. The SMILES string of the molecule is CC[C@@H](C(=O)CCC(F)(F)F)n1cnc2cnc(-c3c[nH]c4ncncc34)nc21. The van der Waals surface area contributed by atoms with Crippen molar-refractivity contribution in [3.63, 3.8) is 0 Å². The van der Waals surface area contributed by atoms with Crippen LogP contribution in [0.4, 0.5) is 13.2 Å². The summed E-state index contributed by atoms with van der Waals surface area (Å²) in [5.41, 5.74) is 2.13. The number of aromatic amines is 1. The molecule has 1 atom stereocenters. The summed E-state index contributed by atoms with van der Waals surface area (Å²) in [6.45, 7) is 1.74. The number of alkyl halides is 3. The van der Waals surface area contributed by atoms with E-state index in [4.69, 9.17) is 0 Å². The number of H-pyrrole nitrogens is 1. The summed E-state index contributed by atoms with van der Waals surface area (Å²) in [6.07, 6.45) is 1.90. The van der Waals surface area contributed by atoms with Gasteiger partial charge in [0.2, 0.25) is 0 Å². The molecule has 0 fully saturated rings. The number of carbonyl (C=O) groups excluding carboxylic acids is 1. The van der Waals surface area contributed by atoms with Gasteiger partial charge in [-0.1, -0.05) is 6.92 Å². The van der Waals surface area contributed by atoms with Crippen LogP contribution in [0.25, 0.3) is 33.6 Å². The number of rotatable bonds is 6. The molecule has 0 bridgehead atoms. The van der Waals surface area contributed by atoms with Gasteiger partial charge >= 0.3 is 6.18 Å². The highest BCUT2D eigenvalue weighted by Crippen LogP contribution is 2.28. The Morgan fingerprint density at radius 3 is 2.83 bits per heavy atom. The Hall–Kier alpha value is -3.37. The monoisotopic (exact) mass is 403 g/mol. The molecular formula is C18H16F3N7O. The number of halogens is 3. The van der Waals surface area contributed by atoms with E-state index in [1.54, 1.807) is 19.3 Å². The molecular weight excluding hydrogens is 387 g/mol. The number of Topliss-reactive ketones (excluding diaryl/α,β-unsaturated/α-hetero) is 1. The molecule has 0 radical (unpaired) electrons. The molecule has 11 heteroatoms. The molecule has 0 saturated carbocycles. The number of fused-ring (bicyclic) bond motifs is 2. The van der Waals surface area contributed by atoms with E-state index in [9.17, 15) is 18.0 Å². The van der Waals surface area contributed by atoms with Crippen LogP contribution >= 0.6 is 0 Å². The van der Waals surface area contributed by atoms with Crippen molar-refractivity contribution in [1.29, 1.82) is 0 Å². The first-order valence-electron chi connectivity index (χ1n) is 8.94. The molecule has 4 rings (SSSR count). The zero-order chi connectivity index (χ0) is 20.6. The molecule has 0 saturated heterocycles. The quantitative estimate of drug-likeness (QED) is 0.527. The number of nitrogens with one attached hydrogen (secondary N) is 1. The lowest BCUT2D eigenvalue weighted by molar-refractivity contribution is -0.144. The lowest BCUT2D eigenvalue weighted by atomic mass is 10.1. The second-order valence-corrected chi connectivity index (χ2v) is 6.55. The van der Waals surface area contributed by atoms with Crippen LogP contribution in [0.5, 0.6) is 0 Å². The molecule has 0 aliphatic heterocycles. The van der Waals surface area contributed by atoms with Crippen molar-refractivity contribution < 1.29 is 18.0 Å². The second-order valence-electron chi connectivity index (χ2n) is 6.55. The third-order valence-corrected chi connectivity index (χ3v) is 4.66. The fourth-order valence-electron chi connectivity index (χ4n) is 3.24. The third-order valence-electron chi connectivity index (χ3n) is 4.66. The van der Waals surface area contributed by atoms with Crippen LogP contribution in [0.1, 0.15) is 32.2 Å². The molecule has 0 unspecified atom stereocenters. The Kier molecular flexibility index (Phi) is 4.73. The van der Waals surface area contributed by atoms with Gasteiger partial charge in [-0.2, -0.15) is 13.2 Å². The van der Waals surface area contributed by atoms with E-state index >= 15 is 0 Å². The van der Waals surface area contributed by atoms with E-state index in [0.29, 0.717) is 34.6 Å². The molecule has 8 nitrogen and oxygen atoms in total. The number of nitrogens with zero attached hydrogens (tertiary/aromatic N) is 6. The number of aromatic nitrogens is 7. The van der Waals surface area contributed by atoms with Crippen LogP contribution in [0.15, 0.2) is 31.2 Å². The van der Waals surface area contributed by atoms with Gasteiger partial charge in [-0.3, -0.25) is 4.79 Å². The fraction of sp³-hybridized carbons (Fsp3) is 0.333. The number of ketones is 1. The van der Waals surface area contributed by atoms with Crippen LogP contribution in [0, 0.1) is 0 Å². The van der Waals surface area contributed by atoms with Gasteiger partial charge in [0.15, 0.2) is 17.3 Å². The van der Waals surface area contributed by atoms with Crippen LogP contribution in [-0.4, -0.2) is 46.4 Å². The van der Waals surface area contributed by atoms with Crippen LogP contribution in [0.3, 0.4) is 0 Å². The molecule has 150 valence electrons. The first kappa shape index (κ1) is 19.0. The standard InChI is InChI=1S/C18H16F3N7O/c1-2-13(14(29)3-4-18(19,20)21)28-9-26-12-7-24-16(27-17(12)28)11-6-23-15-10(11)5-22-8-25-15/h5-9,13H,2-4H2,1H3,(H,22,23,25)/t13-/m0/s1. The maximum absolute atomic E-state index is 12.5. The maximum Gasteiger partial charge on any atom is 0.389 e. The Labute approximate surface area is 162 Å². The summed E-state index contributed by atoms with van der Waals surface area (Å²) < 4.78 is 39.1. The highest BCUT2D eigenvalue weighted by molar-refractivity contribution is 5.91. The van der Waals surface area contributed by atoms with Crippen molar-refractivity contribution in [2.45, 2.75) is 38.4 Å². The predicted octanol–water partition coefficient (Wildman–Crippen LogP) is 3.63. The third kappa shape index (κ3) is 3.67. The minimum Gasteiger partial charge on any atom is -0.345 e. The number of carbonyl (C=O) groups is 1. The van der Waals surface area contributed by atoms with Crippen LogP contribution in [0.2, 0.25) is 0 Å². The smallest absolute Gasteiger partial charge is 0.345 e. The van der Waals surface area contributed by atoms with Gasteiger partial charge in [-0.05, 0) is 6.42 Å². The van der Waals surface area contributed by atoms with Gasteiger partial charge in [-0.25, -0.2) is 24.9 Å². The lowest BCUT2D eigenvalue weighted by Crippen LogP contribution is -2.21. The topological polar surface area (TPSA) is 102 Å². The number of hydrogen-bond acceptors (Lipinski definition) is 6. The summed E-state index contributed by atoms with van der Waals surface area (Å²) in [5, 5.41) is 0.728. The fourth-order valence-corrected chi connectivity index (χ4v) is 3.24. The molecule has 0 aliphatic rings. The van der Waals surface area contributed by atoms with E-state index in [-0.39, 0.29) is 0 Å². The maximum atomic E-state index is 12.5. The Morgan fingerprint density at radius 1 is 1.24 bits per heavy atom. The first-order valence-corrected chi connectivity index (χ1v) is 8.94. The molecule has 29 heavy (non-hydrogen) atoms. The minimum atomic E-state index is -4.38. The Bertz CT molecular complexity index is 1180. The molecule has 0 amide bonds. The average Bonchev–Trinajstić information content (AvgIpc) is 3.30. The summed E-state index contributed by atoms with van der Waals surface area (Å²) in [4.78, 5) is 36.6. The van der Waals surface area contributed by atoms with Crippen LogP contribution in [-0.2, 0) is 4.79 Å². The van der Waals surface area contributed by atoms with Crippen molar-refractivity contribution in [3.8, 4) is 11.4 Å². The van der Waals surface area contributed by atoms with Crippen molar-refractivity contribution in [1.82, 2.24) is 34.5 Å². The molecule has 1 N–H and O–H groups in total. The van der Waals surface area contributed by atoms with E-state index < -0.39 is 30.8 Å². The lowest BCUT2D eigenvalue weighted by Gasteiger charge is -2.16. The molecule has 4 aromatic rings. The van der Waals surface area contributed by atoms with Crippen LogP contribution < -0.4 is 0 Å². The second kappa shape index (κ2) is 7.22. The van der Waals surface area contributed by atoms with E-state index in [1.807, 2.05) is 0 Å². The normalized spacial score (nSPS) is 13.2. The van der Waals surface area contributed by atoms with Gasteiger partial charge in [-0.15, -0.1) is 0 Å². The molecule has 0 aromatic carbocycles. The van der Waals surface area contributed by atoms with Gasteiger partial charge in [0.1, 0.15) is 17.5 Å². The summed E-state index contributed by atoms with van der Waals surface area (Å²) in [7, 11) is 0. The molecule has 0 aliphatic carbocycles. The van der Waals surface area contributed by atoms with Gasteiger partial charge in [0, 0.05) is 29.8 Å². The zero-order valence-corrected chi connectivity index (χ0v) is 15.3. The first-order chi connectivity index (χ1) is 13.9. The van der Waals surface area contributed by atoms with E-state index in [0.717, 1.165) is 5.39 Å². The average molecular weight is 403 g/mol. The summed E-state index contributed by atoms with van der Waals surface area (Å²) >= 11 is 0. The summed E-state index contributed by atoms with van der Waals surface area (Å²) in [5.74, 6) is -0.136. The molecule has 4 heterocycles. The molecule has 0 spiro atoms. The highest BCUT2D eigenvalue weighted by atomic mass is 19.4. The largest absolute Gasteiger partial charge is 0.389 e. The number of hydrogen-bond donors (Lipinski definition) is 1. The number of imidazole rings is 1. The van der Waals surface area contributed by atoms with Gasteiger partial charge < -0.3 is 9.55 Å². The van der Waals surface area contributed by atoms with E-state index in [2.05, 4.69) is 29.9 Å². The van der Waals surface area contributed by atoms with Crippen molar-refractivity contribution in [2.75, 3.05) is 0 Å². The Morgan fingerprint density at radius 2 is 2.07 bits per heavy atom.